The van der Waals surface area contributed by atoms with Crippen LogP contribution < -0.4 is 0 Å². The molecule has 1 N–H and O–H groups in total. The smallest absolute Gasteiger partial charge is 0.0639 e. The van der Waals surface area contributed by atoms with Crippen LogP contribution in [0.15, 0.2) is 24.5 Å². The normalized spacial score (nSPS) is 19.4. The van der Waals surface area contributed by atoms with Crippen LogP contribution in [0.3, 0.4) is 0 Å². The van der Waals surface area contributed by atoms with Crippen molar-refractivity contribution in [1.29, 1.82) is 0 Å². The number of hydrogen-bond donors (Lipinski definition) is 1. The number of aliphatic hydroxyl groups excluding tert-OH is 1. The predicted octanol–water partition coefficient (Wildman–Crippen LogP) is 1.61. The number of pyridine rings is 1. The summed E-state index contributed by atoms with van der Waals surface area (Å²) in [6, 6.07) is 4.13. The Kier molecular flexibility index (Phi) is 5.95. The SMILES string of the molecule is C[C@@H](O)CN1CCC(CN(C)Cc2cccnc2)CC1. The van der Waals surface area contributed by atoms with Crippen molar-refractivity contribution in [2.45, 2.75) is 32.4 Å². The highest BCUT2D eigenvalue weighted by Gasteiger charge is 2.21. The summed E-state index contributed by atoms with van der Waals surface area (Å²) in [5, 5.41) is 9.42. The third-order valence-corrected chi connectivity index (χ3v) is 3.97. The van der Waals surface area contributed by atoms with E-state index >= 15 is 0 Å². The zero-order chi connectivity index (χ0) is 14.4. The first-order valence-electron chi connectivity index (χ1n) is 7.61. The van der Waals surface area contributed by atoms with Gasteiger partial charge < -0.3 is 14.9 Å². The molecule has 1 aromatic rings. The van der Waals surface area contributed by atoms with E-state index in [9.17, 15) is 5.11 Å². The van der Waals surface area contributed by atoms with Gasteiger partial charge in [0.15, 0.2) is 0 Å². The molecular weight excluding hydrogens is 250 g/mol. The summed E-state index contributed by atoms with van der Waals surface area (Å²) in [6.45, 7) is 7.05. The second-order valence-electron chi connectivity index (χ2n) is 6.15. The van der Waals surface area contributed by atoms with Crippen LogP contribution in [0.4, 0.5) is 0 Å². The lowest BCUT2D eigenvalue weighted by atomic mass is 9.96. The van der Waals surface area contributed by atoms with Gasteiger partial charge in [-0.05, 0) is 57.5 Å². The van der Waals surface area contributed by atoms with Crippen LogP contribution in [0, 0.1) is 5.92 Å². The molecule has 20 heavy (non-hydrogen) atoms. The minimum atomic E-state index is -0.209. The summed E-state index contributed by atoms with van der Waals surface area (Å²) in [5.41, 5.74) is 1.28. The van der Waals surface area contributed by atoms with E-state index in [0.29, 0.717) is 0 Å². The summed E-state index contributed by atoms with van der Waals surface area (Å²) >= 11 is 0. The molecule has 1 saturated heterocycles. The van der Waals surface area contributed by atoms with E-state index < -0.39 is 0 Å². The fraction of sp³-hybridized carbons (Fsp3) is 0.688. The topological polar surface area (TPSA) is 39.6 Å². The molecule has 0 bridgehead atoms. The molecule has 1 aliphatic heterocycles. The number of β-amino-alcohol motifs (C(OH)–C–C–N with tert-alkyl or cyclic N) is 1. The Hall–Kier alpha value is -0.970. The van der Waals surface area contributed by atoms with Gasteiger partial charge in [0.25, 0.3) is 0 Å². The van der Waals surface area contributed by atoms with Crippen LogP contribution in [0.5, 0.6) is 0 Å². The molecule has 0 amide bonds. The zero-order valence-electron chi connectivity index (χ0n) is 12.7. The molecule has 1 aromatic heterocycles. The van der Waals surface area contributed by atoms with Crippen molar-refractivity contribution in [2.75, 3.05) is 33.2 Å². The van der Waals surface area contributed by atoms with Gasteiger partial charge in [0, 0.05) is 32.0 Å². The van der Waals surface area contributed by atoms with Gasteiger partial charge in [0.2, 0.25) is 0 Å². The Labute approximate surface area is 122 Å². The Bertz CT molecular complexity index is 375. The molecule has 1 aliphatic rings. The molecule has 112 valence electrons. The molecular formula is C16H27N3O. The molecule has 0 aromatic carbocycles. The third kappa shape index (κ3) is 5.19. The highest BCUT2D eigenvalue weighted by molar-refractivity contribution is 5.07. The second kappa shape index (κ2) is 7.72. The van der Waals surface area contributed by atoms with Crippen molar-refractivity contribution < 1.29 is 5.11 Å². The number of nitrogens with zero attached hydrogens (tertiary/aromatic N) is 3. The summed E-state index contributed by atoms with van der Waals surface area (Å²) in [6.07, 6.45) is 6.04. The highest BCUT2D eigenvalue weighted by Crippen LogP contribution is 2.18. The van der Waals surface area contributed by atoms with Crippen molar-refractivity contribution in [2.24, 2.45) is 5.92 Å². The standard InChI is InChI=1S/C16H27N3O/c1-14(20)11-19-8-5-15(6-9-19)12-18(2)13-16-4-3-7-17-10-16/h3-4,7,10,14-15,20H,5-6,8-9,11-13H2,1-2H3/t14-/m1/s1. The Morgan fingerprint density at radius 2 is 2.20 bits per heavy atom. The molecule has 1 fully saturated rings. The lowest BCUT2D eigenvalue weighted by Gasteiger charge is -2.34. The highest BCUT2D eigenvalue weighted by atomic mass is 16.3. The van der Waals surface area contributed by atoms with Gasteiger partial charge in [-0.15, -0.1) is 0 Å². The lowest BCUT2D eigenvalue weighted by Crippen LogP contribution is -2.40. The van der Waals surface area contributed by atoms with Crippen molar-refractivity contribution in [3.8, 4) is 0 Å². The van der Waals surface area contributed by atoms with Gasteiger partial charge in [-0.2, -0.15) is 0 Å². The molecule has 0 radical (unpaired) electrons. The zero-order valence-corrected chi connectivity index (χ0v) is 12.7. The predicted molar refractivity (Wildman–Crippen MR) is 81.4 cm³/mol. The van der Waals surface area contributed by atoms with Gasteiger partial charge >= 0.3 is 0 Å². The van der Waals surface area contributed by atoms with Crippen molar-refractivity contribution in [3.05, 3.63) is 30.1 Å². The molecule has 0 spiro atoms. The van der Waals surface area contributed by atoms with Gasteiger partial charge in [-0.25, -0.2) is 0 Å². The molecule has 4 nitrogen and oxygen atoms in total. The molecule has 4 heteroatoms. The van der Waals surface area contributed by atoms with Crippen LogP contribution >= 0.6 is 0 Å². The molecule has 2 heterocycles. The minimum absolute atomic E-state index is 0.209. The quantitative estimate of drug-likeness (QED) is 0.857. The van der Waals surface area contributed by atoms with E-state index in [4.69, 9.17) is 0 Å². The number of piperidine rings is 1. The summed E-state index contributed by atoms with van der Waals surface area (Å²) < 4.78 is 0. The number of likely N-dealkylation sites (tertiary alicyclic amines) is 1. The maximum Gasteiger partial charge on any atom is 0.0639 e. The van der Waals surface area contributed by atoms with Crippen LogP contribution in [-0.2, 0) is 6.54 Å². The first-order valence-corrected chi connectivity index (χ1v) is 7.61. The molecule has 0 aliphatic carbocycles. The fourth-order valence-electron chi connectivity index (χ4n) is 3.03. The molecule has 2 rings (SSSR count). The molecule has 0 unspecified atom stereocenters. The van der Waals surface area contributed by atoms with E-state index in [2.05, 4.69) is 27.9 Å². The van der Waals surface area contributed by atoms with E-state index in [-0.39, 0.29) is 6.10 Å². The first-order chi connectivity index (χ1) is 9.63. The van der Waals surface area contributed by atoms with Gasteiger partial charge in [-0.3, -0.25) is 4.98 Å². The summed E-state index contributed by atoms with van der Waals surface area (Å²) in [5.74, 6) is 0.780. The van der Waals surface area contributed by atoms with Crippen LogP contribution in [0.2, 0.25) is 0 Å². The van der Waals surface area contributed by atoms with Crippen molar-refractivity contribution in [1.82, 2.24) is 14.8 Å². The Morgan fingerprint density at radius 3 is 2.80 bits per heavy atom. The third-order valence-electron chi connectivity index (χ3n) is 3.97. The monoisotopic (exact) mass is 277 g/mol. The van der Waals surface area contributed by atoms with E-state index in [0.717, 1.165) is 38.6 Å². The average molecular weight is 277 g/mol. The largest absolute Gasteiger partial charge is 0.392 e. The summed E-state index contributed by atoms with van der Waals surface area (Å²) in [4.78, 5) is 8.94. The van der Waals surface area contributed by atoms with Crippen LogP contribution in [-0.4, -0.2) is 59.2 Å². The van der Waals surface area contributed by atoms with Crippen LogP contribution in [0.25, 0.3) is 0 Å². The number of rotatable bonds is 6. The molecule has 1 atom stereocenters. The van der Waals surface area contributed by atoms with Crippen molar-refractivity contribution >= 4 is 0 Å². The molecule has 0 saturated carbocycles. The summed E-state index contributed by atoms with van der Waals surface area (Å²) in [7, 11) is 2.19. The minimum Gasteiger partial charge on any atom is -0.392 e. The first kappa shape index (κ1) is 15.4. The van der Waals surface area contributed by atoms with Crippen molar-refractivity contribution in [3.63, 3.8) is 0 Å². The fourth-order valence-corrected chi connectivity index (χ4v) is 3.03. The number of hydrogen-bond acceptors (Lipinski definition) is 4. The number of aromatic nitrogens is 1. The van der Waals surface area contributed by atoms with Gasteiger partial charge in [-0.1, -0.05) is 6.07 Å². The van der Waals surface area contributed by atoms with E-state index in [1.165, 1.54) is 18.4 Å². The van der Waals surface area contributed by atoms with Crippen LogP contribution in [0.1, 0.15) is 25.3 Å². The maximum atomic E-state index is 9.42. The number of aliphatic hydroxyl groups is 1. The Morgan fingerprint density at radius 1 is 1.45 bits per heavy atom. The Balaban J connectivity index is 1.70. The lowest BCUT2D eigenvalue weighted by molar-refractivity contribution is 0.0919. The van der Waals surface area contributed by atoms with Gasteiger partial charge in [0.05, 0.1) is 6.10 Å². The average Bonchev–Trinajstić information content (AvgIpc) is 2.41. The maximum absolute atomic E-state index is 9.42. The van der Waals surface area contributed by atoms with E-state index in [1.807, 2.05) is 25.4 Å². The van der Waals surface area contributed by atoms with E-state index in [1.54, 1.807) is 0 Å². The second-order valence-corrected chi connectivity index (χ2v) is 6.15. The van der Waals surface area contributed by atoms with Gasteiger partial charge in [0.1, 0.15) is 0 Å².